The van der Waals surface area contributed by atoms with Gasteiger partial charge in [-0.05, 0) is 34.8 Å². The Morgan fingerprint density at radius 2 is 2.21 bits per heavy atom. The van der Waals surface area contributed by atoms with E-state index in [2.05, 4.69) is 31.2 Å². The zero-order chi connectivity index (χ0) is 9.80. The summed E-state index contributed by atoms with van der Waals surface area (Å²) >= 11 is 3.38. The summed E-state index contributed by atoms with van der Waals surface area (Å²) in [6, 6.07) is 2.00. The summed E-state index contributed by atoms with van der Waals surface area (Å²) in [7, 11) is 0. The first-order chi connectivity index (χ1) is 6.84. The van der Waals surface area contributed by atoms with E-state index in [4.69, 9.17) is 0 Å². The van der Waals surface area contributed by atoms with Crippen molar-refractivity contribution in [2.75, 3.05) is 11.9 Å². The van der Waals surface area contributed by atoms with Gasteiger partial charge in [-0.2, -0.15) is 0 Å². The van der Waals surface area contributed by atoms with Crippen molar-refractivity contribution >= 4 is 27.5 Å². The number of hydrogen-bond donors (Lipinski definition) is 1. The highest BCUT2D eigenvalue weighted by molar-refractivity contribution is 9.10. The van der Waals surface area contributed by atoms with E-state index in [-0.39, 0.29) is 0 Å². The average molecular weight is 254 g/mol. The van der Waals surface area contributed by atoms with E-state index in [1.54, 1.807) is 6.20 Å². The van der Waals surface area contributed by atoms with Crippen LogP contribution in [-0.2, 0) is 0 Å². The minimum absolute atomic E-state index is 0.948. The van der Waals surface area contributed by atoms with Crippen LogP contribution in [0.4, 0.5) is 5.69 Å². The van der Waals surface area contributed by atoms with Crippen LogP contribution in [0.1, 0.15) is 19.3 Å². The topological polar surface area (TPSA) is 37.3 Å². The number of aliphatic imine (C=N–C) groups is 1. The number of halogens is 1. The van der Waals surface area contributed by atoms with Crippen LogP contribution in [0.15, 0.2) is 27.9 Å². The second-order valence-corrected chi connectivity index (χ2v) is 4.22. The molecule has 1 aliphatic rings. The van der Waals surface area contributed by atoms with E-state index in [0.29, 0.717) is 0 Å². The fraction of sp³-hybridized carbons (Fsp3) is 0.400. The van der Waals surface area contributed by atoms with E-state index in [0.717, 1.165) is 29.0 Å². The zero-order valence-corrected chi connectivity index (χ0v) is 9.42. The molecule has 0 saturated heterocycles. The van der Waals surface area contributed by atoms with Gasteiger partial charge in [-0.1, -0.05) is 0 Å². The highest BCUT2D eigenvalue weighted by Gasteiger charge is 2.05. The van der Waals surface area contributed by atoms with Gasteiger partial charge in [0, 0.05) is 23.6 Å². The second-order valence-electron chi connectivity index (χ2n) is 3.30. The van der Waals surface area contributed by atoms with Crippen LogP contribution in [0.5, 0.6) is 0 Å². The van der Waals surface area contributed by atoms with E-state index >= 15 is 0 Å². The highest BCUT2D eigenvalue weighted by atomic mass is 79.9. The van der Waals surface area contributed by atoms with Crippen molar-refractivity contribution < 1.29 is 0 Å². The molecule has 0 saturated carbocycles. The summed E-state index contributed by atoms with van der Waals surface area (Å²) in [5, 5.41) is 3.28. The lowest BCUT2D eigenvalue weighted by Crippen LogP contribution is -2.16. The molecule has 0 aliphatic carbocycles. The predicted octanol–water partition coefficient (Wildman–Crippen LogP) is 2.84. The van der Waals surface area contributed by atoms with E-state index in [9.17, 15) is 0 Å². The normalized spacial score (nSPS) is 16.2. The summed E-state index contributed by atoms with van der Waals surface area (Å²) in [4.78, 5) is 8.50. The van der Waals surface area contributed by atoms with Gasteiger partial charge in [-0.15, -0.1) is 0 Å². The lowest BCUT2D eigenvalue weighted by atomic mass is 10.2. The number of aromatic nitrogens is 1. The molecule has 1 aliphatic heterocycles. The Hall–Kier alpha value is -0.900. The molecule has 0 fully saturated rings. The summed E-state index contributed by atoms with van der Waals surface area (Å²) < 4.78 is 0.985. The van der Waals surface area contributed by atoms with Crippen LogP contribution < -0.4 is 5.32 Å². The van der Waals surface area contributed by atoms with Gasteiger partial charge < -0.3 is 5.32 Å². The molecule has 2 rings (SSSR count). The number of anilines is 1. The van der Waals surface area contributed by atoms with E-state index in [1.165, 1.54) is 12.8 Å². The minimum atomic E-state index is 0.948. The van der Waals surface area contributed by atoms with Crippen molar-refractivity contribution in [3.63, 3.8) is 0 Å². The molecular weight excluding hydrogens is 242 g/mol. The molecule has 0 atom stereocenters. The van der Waals surface area contributed by atoms with Crippen LogP contribution >= 0.6 is 15.9 Å². The van der Waals surface area contributed by atoms with Gasteiger partial charge in [0.15, 0.2) is 0 Å². The maximum atomic E-state index is 4.42. The molecule has 4 heteroatoms. The van der Waals surface area contributed by atoms with Gasteiger partial charge in [0.05, 0.1) is 11.9 Å². The van der Waals surface area contributed by atoms with Crippen LogP contribution in [0.3, 0.4) is 0 Å². The Labute approximate surface area is 91.8 Å². The van der Waals surface area contributed by atoms with E-state index < -0.39 is 0 Å². The Morgan fingerprint density at radius 1 is 1.29 bits per heavy atom. The number of nitrogens with one attached hydrogen (secondary N) is 1. The third-order valence-electron chi connectivity index (χ3n) is 2.12. The lowest BCUT2D eigenvalue weighted by molar-refractivity contribution is 0.737. The number of nitrogens with zero attached hydrogens (tertiary/aromatic N) is 2. The maximum Gasteiger partial charge on any atom is 0.101 e. The largest absolute Gasteiger partial charge is 0.343 e. The molecule has 0 amide bonds. The van der Waals surface area contributed by atoms with Crippen LogP contribution in [-0.4, -0.2) is 17.4 Å². The van der Waals surface area contributed by atoms with Crippen molar-refractivity contribution in [1.82, 2.24) is 4.98 Å². The smallest absolute Gasteiger partial charge is 0.101 e. The molecular formula is C10H12BrN3. The molecule has 1 aromatic heterocycles. The molecule has 0 unspecified atom stereocenters. The first-order valence-corrected chi connectivity index (χ1v) is 5.55. The third kappa shape index (κ3) is 2.54. The molecule has 14 heavy (non-hydrogen) atoms. The average Bonchev–Trinajstić information content (AvgIpc) is 2.19. The van der Waals surface area contributed by atoms with Gasteiger partial charge in [0.2, 0.25) is 0 Å². The number of rotatable bonds is 1. The third-order valence-corrected chi connectivity index (χ3v) is 2.55. The van der Waals surface area contributed by atoms with Crippen LogP contribution in [0.25, 0.3) is 0 Å². The van der Waals surface area contributed by atoms with Crippen molar-refractivity contribution in [3.05, 3.63) is 22.9 Å². The van der Waals surface area contributed by atoms with Crippen LogP contribution in [0, 0.1) is 0 Å². The quantitative estimate of drug-likeness (QED) is 0.836. The van der Waals surface area contributed by atoms with Crippen molar-refractivity contribution in [3.8, 4) is 0 Å². The molecule has 1 N–H and O–H groups in total. The van der Waals surface area contributed by atoms with Gasteiger partial charge in [-0.25, -0.2) is 0 Å². The monoisotopic (exact) mass is 253 g/mol. The summed E-state index contributed by atoms with van der Waals surface area (Å²) in [6.07, 6.45) is 7.07. The number of hydrogen-bond acceptors (Lipinski definition) is 3. The SMILES string of the molecule is Brc1cncc(NC2=NCCCC2)c1. The van der Waals surface area contributed by atoms with Crippen molar-refractivity contribution in [2.24, 2.45) is 4.99 Å². The number of pyridine rings is 1. The van der Waals surface area contributed by atoms with Crippen LogP contribution in [0.2, 0.25) is 0 Å². The molecule has 0 spiro atoms. The Morgan fingerprint density at radius 3 is 2.93 bits per heavy atom. The number of amidine groups is 1. The Balaban J connectivity index is 2.06. The van der Waals surface area contributed by atoms with Gasteiger partial charge in [0.25, 0.3) is 0 Å². The van der Waals surface area contributed by atoms with Gasteiger partial charge >= 0.3 is 0 Å². The second kappa shape index (κ2) is 4.55. The maximum absolute atomic E-state index is 4.42. The summed E-state index contributed by atoms with van der Waals surface area (Å²) in [6.45, 7) is 0.948. The lowest BCUT2D eigenvalue weighted by Gasteiger charge is -2.13. The fourth-order valence-corrected chi connectivity index (χ4v) is 1.81. The predicted molar refractivity (Wildman–Crippen MR) is 61.7 cm³/mol. The Bertz CT molecular complexity index is 349. The first-order valence-electron chi connectivity index (χ1n) is 4.75. The molecule has 74 valence electrons. The van der Waals surface area contributed by atoms with Gasteiger partial charge in [-0.3, -0.25) is 9.98 Å². The molecule has 3 nitrogen and oxygen atoms in total. The molecule has 2 heterocycles. The Kier molecular flexibility index (Phi) is 3.14. The first kappa shape index (κ1) is 9.65. The van der Waals surface area contributed by atoms with Crippen molar-refractivity contribution in [1.29, 1.82) is 0 Å². The standard InChI is InChI=1S/C10H12BrN3/c11-8-5-9(7-12-6-8)14-10-3-1-2-4-13-10/h5-7H,1-4H2,(H,13,14). The molecule has 0 radical (unpaired) electrons. The van der Waals surface area contributed by atoms with Crippen molar-refractivity contribution in [2.45, 2.75) is 19.3 Å². The summed E-state index contributed by atoms with van der Waals surface area (Å²) in [5.74, 6) is 1.08. The molecule has 1 aromatic rings. The summed E-state index contributed by atoms with van der Waals surface area (Å²) in [5.41, 5.74) is 1.00. The van der Waals surface area contributed by atoms with Gasteiger partial charge in [0.1, 0.15) is 5.84 Å². The van der Waals surface area contributed by atoms with E-state index in [1.807, 2.05) is 12.3 Å². The minimum Gasteiger partial charge on any atom is -0.343 e. The fourth-order valence-electron chi connectivity index (χ4n) is 1.45. The zero-order valence-electron chi connectivity index (χ0n) is 7.83. The molecule has 0 bridgehead atoms. The molecule has 0 aromatic carbocycles. The highest BCUT2D eigenvalue weighted by Crippen LogP contribution is 2.15.